The maximum absolute atomic E-state index is 10.5. The summed E-state index contributed by atoms with van der Waals surface area (Å²) < 4.78 is 0.425. The number of carboxylic acid groups (broad SMARTS) is 1. The number of pyridine rings is 1. The maximum atomic E-state index is 10.5. The summed E-state index contributed by atoms with van der Waals surface area (Å²) in [7, 11) is 0. The summed E-state index contributed by atoms with van der Waals surface area (Å²) in [4.78, 5) is 22.2. The van der Waals surface area contributed by atoms with Crippen molar-refractivity contribution in [1.82, 2.24) is 4.98 Å². The summed E-state index contributed by atoms with van der Waals surface area (Å²) >= 11 is 8.49. The molecule has 1 rings (SSSR count). The van der Waals surface area contributed by atoms with E-state index in [1.165, 1.54) is 17.6 Å². The van der Waals surface area contributed by atoms with Gasteiger partial charge in [-0.2, -0.15) is 0 Å². The molecule has 0 saturated heterocycles. The Labute approximate surface area is 91.6 Å². The Kier molecular flexibility index (Phi) is 5.73. The van der Waals surface area contributed by atoms with Crippen LogP contribution in [-0.2, 0) is 0 Å². The van der Waals surface area contributed by atoms with Crippen molar-refractivity contribution in [3.8, 4) is 0 Å². The molecule has 6 nitrogen and oxygen atoms in total. The minimum absolute atomic E-state index is 0.116. The third-order valence-electron chi connectivity index (χ3n) is 1.05. The largest absolute Gasteiger partial charge is 0.478 e. The Morgan fingerprint density at radius 2 is 2.14 bits per heavy atom. The molecule has 0 amide bonds. The molecule has 0 saturated carbocycles. The highest BCUT2D eigenvalue weighted by Crippen LogP contribution is 2.18. The third-order valence-corrected chi connectivity index (χ3v) is 1.89. The summed E-state index contributed by atoms with van der Waals surface area (Å²) in [6.07, 6.45) is 1.35. The molecule has 2 N–H and O–H groups in total. The van der Waals surface area contributed by atoms with Gasteiger partial charge in [0.15, 0.2) is 5.34 Å². The first kappa shape index (κ1) is 12.8. The molecule has 0 aliphatic rings. The van der Waals surface area contributed by atoms with E-state index in [4.69, 9.17) is 26.8 Å². The smallest absolute Gasteiger partial charge is 0.337 e. The standard InChI is InChI=1S/C6H3BrClNO2.HNO2/c7-4-2-9-5(8)1-3(4)6(10)11;2-1-3/h1-2H,(H,10,11);(H,2,3). The highest BCUT2D eigenvalue weighted by molar-refractivity contribution is 9.10. The maximum Gasteiger partial charge on any atom is 0.337 e. The molecule has 0 spiro atoms. The molecule has 0 aliphatic heterocycles. The number of aromatic nitrogens is 1. The number of hydrogen-bond donors (Lipinski definition) is 2. The van der Waals surface area contributed by atoms with E-state index in [2.05, 4.69) is 20.9 Å². The fourth-order valence-electron chi connectivity index (χ4n) is 0.577. The van der Waals surface area contributed by atoms with E-state index in [-0.39, 0.29) is 10.7 Å². The molecule has 0 radical (unpaired) electrons. The van der Waals surface area contributed by atoms with Crippen molar-refractivity contribution in [2.45, 2.75) is 0 Å². The van der Waals surface area contributed by atoms with Crippen LogP contribution < -0.4 is 0 Å². The molecular weight excluding hydrogens is 279 g/mol. The molecule has 76 valence electrons. The Balaban J connectivity index is 0.000000500. The van der Waals surface area contributed by atoms with Crippen LogP contribution in [0.15, 0.2) is 22.1 Å². The van der Waals surface area contributed by atoms with Gasteiger partial charge < -0.3 is 10.3 Å². The fraction of sp³-hybridized carbons (Fsp3) is 0. The fourth-order valence-corrected chi connectivity index (χ4v) is 1.12. The molecule has 0 unspecified atom stereocenters. The van der Waals surface area contributed by atoms with Crippen LogP contribution in [0.1, 0.15) is 10.4 Å². The van der Waals surface area contributed by atoms with E-state index in [1.807, 2.05) is 0 Å². The first-order valence-electron chi connectivity index (χ1n) is 3.04. The second kappa shape index (κ2) is 6.28. The number of rotatable bonds is 1. The lowest BCUT2D eigenvalue weighted by molar-refractivity contribution is 0.0695. The highest BCUT2D eigenvalue weighted by Gasteiger charge is 2.08. The van der Waals surface area contributed by atoms with Gasteiger partial charge in [-0.15, -0.1) is 4.91 Å². The van der Waals surface area contributed by atoms with Gasteiger partial charge in [-0.25, -0.2) is 9.78 Å². The average molecular weight is 283 g/mol. The van der Waals surface area contributed by atoms with Crippen molar-refractivity contribution in [3.63, 3.8) is 0 Å². The van der Waals surface area contributed by atoms with Crippen LogP contribution in [0, 0.1) is 4.91 Å². The summed E-state index contributed by atoms with van der Waals surface area (Å²) in [5.74, 6) is -1.03. The van der Waals surface area contributed by atoms with E-state index in [9.17, 15) is 4.79 Å². The molecule has 0 fully saturated rings. The molecule has 1 aromatic heterocycles. The number of aromatic carboxylic acids is 1. The second-order valence-electron chi connectivity index (χ2n) is 1.87. The summed E-state index contributed by atoms with van der Waals surface area (Å²) in [5, 5.41) is 16.6. The predicted octanol–water partition coefficient (Wildman–Crippen LogP) is 2.34. The van der Waals surface area contributed by atoms with Gasteiger partial charge in [-0.1, -0.05) is 11.6 Å². The number of halogens is 2. The third kappa shape index (κ3) is 4.15. The van der Waals surface area contributed by atoms with Crippen LogP contribution in [0.5, 0.6) is 0 Å². The lowest BCUT2D eigenvalue weighted by atomic mass is 10.3. The highest BCUT2D eigenvalue weighted by atomic mass is 79.9. The molecule has 0 aliphatic carbocycles. The molecule has 0 aromatic carbocycles. The zero-order chi connectivity index (χ0) is 11.1. The summed E-state index contributed by atoms with van der Waals surface area (Å²) in [6.45, 7) is 0. The first-order valence-corrected chi connectivity index (χ1v) is 4.21. The Morgan fingerprint density at radius 3 is 2.50 bits per heavy atom. The second-order valence-corrected chi connectivity index (χ2v) is 3.12. The van der Waals surface area contributed by atoms with Gasteiger partial charge >= 0.3 is 5.97 Å². The van der Waals surface area contributed by atoms with Gasteiger partial charge in [0, 0.05) is 6.20 Å². The first-order chi connectivity index (χ1) is 6.52. The Hall–Kier alpha value is -1.21. The number of nitrogens with zero attached hydrogens (tertiary/aromatic N) is 2. The van der Waals surface area contributed by atoms with Crippen LogP contribution in [0.4, 0.5) is 0 Å². The Morgan fingerprint density at radius 1 is 1.64 bits per heavy atom. The number of carboxylic acids is 1. The van der Waals surface area contributed by atoms with Crippen LogP contribution >= 0.6 is 27.5 Å². The monoisotopic (exact) mass is 282 g/mol. The normalized spacial score (nSPS) is 8.43. The van der Waals surface area contributed by atoms with Gasteiger partial charge in [0.2, 0.25) is 0 Å². The summed E-state index contributed by atoms with van der Waals surface area (Å²) in [6, 6.07) is 1.29. The predicted molar refractivity (Wildman–Crippen MR) is 51.5 cm³/mol. The topological polar surface area (TPSA) is 99.8 Å². The van der Waals surface area contributed by atoms with Gasteiger partial charge in [0.05, 0.1) is 10.0 Å². The lowest BCUT2D eigenvalue weighted by Gasteiger charge is -1.96. The Bertz CT molecular complexity index is 347. The van der Waals surface area contributed by atoms with Crippen molar-refractivity contribution in [3.05, 3.63) is 32.4 Å². The molecule has 1 aromatic rings. The minimum Gasteiger partial charge on any atom is -0.478 e. The molecule has 1 heterocycles. The van der Waals surface area contributed by atoms with E-state index >= 15 is 0 Å². The van der Waals surface area contributed by atoms with Crippen LogP contribution in [-0.4, -0.2) is 21.3 Å². The zero-order valence-electron chi connectivity index (χ0n) is 6.52. The van der Waals surface area contributed by atoms with Crippen molar-refractivity contribution in [1.29, 1.82) is 0 Å². The SMILES string of the molecule is O=C(O)c1cc(Cl)ncc1Br.O=NO. The van der Waals surface area contributed by atoms with Crippen molar-refractivity contribution in [2.75, 3.05) is 0 Å². The number of hydrogen-bond acceptors (Lipinski definition) is 4. The minimum atomic E-state index is -1.03. The molecular formula is C6H4BrClN2O4. The quantitative estimate of drug-likeness (QED) is 0.468. The van der Waals surface area contributed by atoms with Gasteiger partial charge in [-0.05, 0) is 22.0 Å². The van der Waals surface area contributed by atoms with E-state index in [0.717, 1.165) is 0 Å². The van der Waals surface area contributed by atoms with Crippen molar-refractivity contribution >= 4 is 33.5 Å². The molecule has 0 atom stereocenters. The zero-order valence-corrected chi connectivity index (χ0v) is 8.86. The molecule has 8 heteroatoms. The molecule has 0 bridgehead atoms. The van der Waals surface area contributed by atoms with Gasteiger partial charge in [-0.3, -0.25) is 0 Å². The number of carbonyl (C=O) groups is 1. The van der Waals surface area contributed by atoms with Crippen LogP contribution in [0.25, 0.3) is 0 Å². The lowest BCUT2D eigenvalue weighted by Crippen LogP contribution is -1.97. The van der Waals surface area contributed by atoms with E-state index in [0.29, 0.717) is 4.47 Å². The van der Waals surface area contributed by atoms with Crippen LogP contribution in [0.3, 0.4) is 0 Å². The summed E-state index contributed by atoms with van der Waals surface area (Å²) in [5.41, 5.74) is 0.116. The average Bonchev–Trinajstić information content (AvgIpc) is 2.10. The van der Waals surface area contributed by atoms with Crippen molar-refractivity contribution in [2.24, 2.45) is 5.34 Å². The van der Waals surface area contributed by atoms with E-state index in [1.54, 1.807) is 0 Å². The molecule has 14 heavy (non-hydrogen) atoms. The van der Waals surface area contributed by atoms with Crippen molar-refractivity contribution < 1.29 is 15.1 Å². The van der Waals surface area contributed by atoms with E-state index < -0.39 is 5.97 Å². The van der Waals surface area contributed by atoms with Gasteiger partial charge in [0.1, 0.15) is 5.15 Å². The van der Waals surface area contributed by atoms with Gasteiger partial charge in [0.25, 0.3) is 0 Å². The van der Waals surface area contributed by atoms with Crippen LogP contribution in [0.2, 0.25) is 5.15 Å².